The number of amides is 1. The summed E-state index contributed by atoms with van der Waals surface area (Å²) in [6.45, 7) is 0.00995. The monoisotopic (exact) mass is 559 g/mol. The zero-order valence-electron chi connectivity index (χ0n) is 19.4. The van der Waals surface area contributed by atoms with Gasteiger partial charge in [0.2, 0.25) is 11.5 Å². The van der Waals surface area contributed by atoms with Crippen LogP contribution in [0.25, 0.3) is 21.3 Å². The zero-order chi connectivity index (χ0) is 26.2. The number of aromatic nitrogens is 3. The minimum Gasteiger partial charge on any atom is -0.618 e. The number of hydrogen-bond acceptors (Lipinski definition) is 8. The molecule has 0 spiro atoms. The second-order valence-electron chi connectivity index (χ2n) is 8.48. The average molecular weight is 560 g/mol. The van der Waals surface area contributed by atoms with E-state index in [1.54, 1.807) is 42.5 Å². The van der Waals surface area contributed by atoms with Crippen molar-refractivity contribution in [2.45, 2.75) is 16.7 Å². The van der Waals surface area contributed by atoms with E-state index in [0.717, 1.165) is 21.4 Å². The fourth-order valence-corrected chi connectivity index (χ4v) is 7.59. The predicted molar refractivity (Wildman–Crippen MR) is 139 cm³/mol. The smallest absolute Gasteiger partial charge is 0.291 e. The molecule has 13 heteroatoms. The number of aliphatic hydroxyl groups is 1. The van der Waals surface area contributed by atoms with Crippen molar-refractivity contribution in [2.75, 3.05) is 26.2 Å². The normalized spacial score (nSPS) is 16.8. The Morgan fingerprint density at radius 3 is 2.70 bits per heavy atom. The van der Waals surface area contributed by atoms with Gasteiger partial charge >= 0.3 is 0 Å². The Morgan fingerprint density at radius 1 is 1.19 bits per heavy atom. The lowest BCUT2D eigenvalue weighted by atomic mass is 10.1. The second kappa shape index (κ2) is 10.3. The van der Waals surface area contributed by atoms with Gasteiger partial charge in [-0.3, -0.25) is 4.79 Å². The van der Waals surface area contributed by atoms with Crippen LogP contribution in [-0.4, -0.2) is 70.9 Å². The molecule has 0 bridgehead atoms. The Labute approximate surface area is 222 Å². The highest BCUT2D eigenvalue weighted by Gasteiger charge is 2.37. The molecule has 3 aromatic heterocycles. The standard InChI is InChI=1S/C24H22ClN5O5S2/c25-18-5-4-16-11-22(36-21(16)12-18)37(34,35)28-8-9-29(19(15-28)6-10-31)24(32)23-26-13-17(14-27-23)20-3-1-2-7-30(20)33/h1-5,7,11-14,19,31H,6,8-10,15H2. The predicted octanol–water partition coefficient (Wildman–Crippen LogP) is 2.54. The first-order valence-electron chi connectivity index (χ1n) is 11.4. The summed E-state index contributed by atoms with van der Waals surface area (Å²) in [5, 5.41) is 22.9. The van der Waals surface area contributed by atoms with Gasteiger partial charge in [-0.25, -0.2) is 18.4 Å². The van der Waals surface area contributed by atoms with E-state index in [2.05, 4.69) is 9.97 Å². The Hall–Kier alpha value is -3.16. The average Bonchev–Trinajstić information content (AvgIpc) is 3.33. The van der Waals surface area contributed by atoms with Crippen LogP contribution in [0.3, 0.4) is 0 Å². The molecule has 0 saturated carbocycles. The summed E-state index contributed by atoms with van der Waals surface area (Å²) < 4.78 is 29.8. The maximum Gasteiger partial charge on any atom is 0.291 e. The molecule has 1 unspecified atom stereocenters. The van der Waals surface area contributed by atoms with Crippen molar-refractivity contribution in [3.63, 3.8) is 0 Å². The SMILES string of the molecule is O=C(c1ncc(-c2cccc[n+]2[O-])cn1)N1CCN(S(=O)(=O)c2cc3ccc(Cl)cc3s2)CC1CCO. The van der Waals surface area contributed by atoms with Crippen LogP contribution in [0.4, 0.5) is 0 Å². The van der Waals surface area contributed by atoms with Gasteiger partial charge < -0.3 is 15.2 Å². The van der Waals surface area contributed by atoms with Crippen LogP contribution >= 0.6 is 22.9 Å². The first-order chi connectivity index (χ1) is 17.8. The summed E-state index contributed by atoms with van der Waals surface area (Å²) >= 11 is 7.19. The number of nitrogens with zero attached hydrogens (tertiary/aromatic N) is 5. The maximum absolute atomic E-state index is 13.4. The van der Waals surface area contributed by atoms with Crippen LogP contribution in [0.2, 0.25) is 5.02 Å². The summed E-state index contributed by atoms with van der Waals surface area (Å²) in [7, 11) is -3.82. The molecule has 0 aliphatic carbocycles. The summed E-state index contributed by atoms with van der Waals surface area (Å²) in [6, 6.07) is 11.2. The van der Waals surface area contributed by atoms with E-state index in [1.165, 1.54) is 27.8 Å². The number of fused-ring (bicyclic) bond motifs is 1. The first-order valence-corrected chi connectivity index (χ1v) is 14.0. The molecule has 1 amide bonds. The number of pyridine rings is 1. The molecule has 1 fully saturated rings. The van der Waals surface area contributed by atoms with E-state index in [9.17, 15) is 23.5 Å². The number of aliphatic hydroxyl groups excluding tert-OH is 1. The van der Waals surface area contributed by atoms with Gasteiger partial charge in [-0.2, -0.15) is 9.04 Å². The van der Waals surface area contributed by atoms with E-state index < -0.39 is 22.0 Å². The van der Waals surface area contributed by atoms with Crippen molar-refractivity contribution < 1.29 is 23.0 Å². The molecule has 1 aliphatic rings. The van der Waals surface area contributed by atoms with Crippen LogP contribution < -0.4 is 4.73 Å². The van der Waals surface area contributed by atoms with Gasteiger partial charge in [-0.15, -0.1) is 11.3 Å². The molecule has 1 atom stereocenters. The van der Waals surface area contributed by atoms with E-state index in [0.29, 0.717) is 21.0 Å². The van der Waals surface area contributed by atoms with Gasteiger partial charge in [0.05, 0.1) is 5.56 Å². The van der Waals surface area contributed by atoms with Gasteiger partial charge in [-0.05, 0) is 36.1 Å². The maximum atomic E-state index is 13.4. The second-order valence-corrected chi connectivity index (χ2v) is 12.2. The number of thiophene rings is 1. The topological polar surface area (TPSA) is 131 Å². The lowest BCUT2D eigenvalue weighted by Crippen LogP contribution is -2.56. The highest BCUT2D eigenvalue weighted by atomic mass is 35.5. The number of halogens is 1. The van der Waals surface area contributed by atoms with Crippen molar-refractivity contribution in [2.24, 2.45) is 0 Å². The Kier molecular flexibility index (Phi) is 7.10. The minimum absolute atomic E-state index is 0.0297. The van der Waals surface area contributed by atoms with Crippen molar-refractivity contribution >= 4 is 49.0 Å². The van der Waals surface area contributed by atoms with Crippen molar-refractivity contribution in [1.82, 2.24) is 19.2 Å². The highest BCUT2D eigenvalue weighted by molar-refractivity contribution is 7.91. The minimum atomic E-state index is -3.82. The molecule has 10 nitrogen and oxygen atoms in total. The van der Waals surface area contributed by atoms with Gasteiger partial charge in [0, 0.05) is 66.5 Å². The van der Waals surface area contributed by atoms with Crippen molar-refractivity contribution in [3.8, 4) is 11.3 Å². The molecular weight excluding hydrogens is 538 g/mol. The molecule has 1 saturated heterocycles. The van der Waals surface area contributed by atoms with Crippen LogP contribution in [-0.2, 0) is 10.0 Å². The van der Waals surface area contributed by atoms with Gasteiger partial charge in [0.1, 0.15) is 4.21 Å². The third kappa shape index (κ3) is 5.03. The number of piperazine rings is 1. The Balaban J connectivity index is 1.35. The molecule has 37 heavy (non-hydrogen) atoms. The van der Waals surface area contributed by atoms with Crippen molar-refractivity contribution in [1.29, 1.82) is 0 Å². The largest absolute Gasteiger partial charge is 0.618 e. The van der Waals surface area contributed by atoms with Gasteiger partial charge in [-0.1, -0.05) is 17.7 Å². The lowest BCUT2D eigenvalue weighted by Gasteiger charge is -2.40. The van der Waals surface area contributed by atoms with Gasteiger partial charge in [0.25, 0.3) is 15.9 Å². The fourth-order valence-electron chi connectivity index (χ4n) is 4.29. The molecular formula is C24H22ClN5O5S2. The summed E-state index contributed by atoms with van der Waals surface area (Å²) in [4.78, 5) is 23.1. The Bertz CT molecular complexity index is 1560. The van der Waals surface area contributed by atoms with E-state index in [1.807, 2.05) is 0 Å². The number of carbonyl (C=O) groups is 1. The van der Waals surface area contributed by atoms with Crippen LogP contribution in [0, 0.1) is 5.21 Å². The fraction of sp³-hybridized carbons (Fsp3) is 0.250. The Morgan fingerprint density at radius 2 is 1.97 bits per heavy atom. The molecule has 1 aromatic carbocycles. The van der Waals surface area contributed by atoms with Crippen LogP contribution in [0.1, 0.15) is 17.0 Å². The molecule has 4 heterocycles. The summed E-state index contributed by atoms with van der Waals surface area (Å²) in [5.74, 6) is -0.542. The number of sulfonamides is 1. The molecule has 1 aliphatic heterocycles. The number of benzene rings is 1. The highest BCUT2D eigenvalue weighted by Crippen LogP contribution is 2.33. The molecule has 1 N–H and O–H groups in total. The molecule has 0 radical (unpaired) electrons. The van der Waals surface area contributed by atoms with Crippen molar-refractivity contribution in [3.05, 3.63) is 77.1 Å². The molecule has 192 valence electrons. The third-order valence-corrected chi connectivity index (χ3v) is 9.83. The van der Waals surface area contributed by atoms with Crippen LogP contribution in [0.5, 0.6) is 0 Å². The first kappa shape index (κ1) is 25.5. The lowest BCUT2D eigenvalue weighted by molar-refractivity contribution is -0.593. The quantitative estimate of drug-likeness (QED) is 0.284. The van der Waals surface area contributed by atoms with E-state index in [-0.39, 0.29) is 42.7 Å². The summed E-state index contributed by atoms with van der Waals surface area (Å²) in [6.07, 6.45) is 4.35. The number of hydrogen-bond donors (Lipinski definition) is 1. The molecule has 5 rings (SSSR count). The van der Waals surface area contributed by atoms with Crippen LogP contribution in [0.15, 0.2) is 65.3 Å². The van der Waals surface area contributed by atoms with E-state index in [4.69, 9.17) is 11.6 Å². The van der Waals surface area contributed by atoms with Gasteiger partial charge in [0.15, 0.2) is 6.20 Å². The number of carbonyl (C=O) groups excluding carboxylic acids is 1. The number of rotatable bonds is 6. The van der Waals surface area contributed by atoms with E-state index >= 15 is 0 Å². The molecule has 4 aromatic rings. The summed E-state index contributed by atoms with van der Waals surface area (Å²) in [5.41, 5.74) is 0.807. The zero-order valence-corrected chi connectivity index (χ0v) is 21.8. The third-order valence-electron chi connectivity index (χ3n) is 6.19.